The smallest absolute Gasteiger partial charge is 0.138 e. The van der Waals surface area contributed by atoms with Gasteiger partial charge < -0.3 is 14.9 Å². The zero-order chi connectivity index (χ0) is 11.5. The molecule has 0 aromatic carbocycles. The lowest BCUT2D eigenvalue weighted by Crippen LogP contribution is -2.32. The van der Waals surface area contributed by atoms with Crippen LogP contribution >= 0.6 is 0 Å². The Bertz CT molecular complexity index is 299. The van der Waals surface area contributed by atoms with E-state index >= 15 is 0 Å². The molecule has 0 aliphatic carbocycles. The fourth-order valence-corrected chi connectivity index (χ4v) is 1.34. The molecular formula is C11H20N2O2. The van der Waals surface area contributed by atoms with Gasteiger partial charge in [-0.1, -0.05) is 19.0 Å². The van der Waals surface area contributed by atoms with Crippen molar-refractivity contribution in [3.05, 3.63) is 17.0 Å². The molecule has 4 heteroatoms. The average Bonchev–Trinajstić information content (AvgIpc) is 2.49. The van der Waals surface area contributed by atoms with Crippen molar-refractivity contribution >= 4 is 0 Å². The summed E-state index contributed by atoms with van der Waals surface area (Å²) < 4.78 is 5.06. The molecule has 0 radical (unpaired) electrons. The van der Waals surface area contributed by atoms with Gasteiger partial charge in [0.25, 0.3) is 0 Å². The fraction of sp³-hybridized carbons (Fsp3) is 0.727. The lowest BCUT2D eigenvalue weighted by atomic mass is 9.95. The second-order valence-corrected chi connectivity index (χ2v) is 4.73. The van der Waals surface area contributed by atoms with Crippen molar-refractivity contribution in [2.24, 2.45) is 5.41 Å². The highest BCUT2D eigenvalue weighted by Gasteiger charge is 2.16. The van der Waals surface area contributed by atoms with Crippen molar-refractivity contribution in [1.29, 1.82) is 0 Å². The fourth-order valence-electron chi connectivity index (χ4n) is 1.34. The second kappa shape index (κ2) is 4.77. The van der Waals surface area contributed by atoms with Gasteiger partial charge in [0.05, 0.1) is 5.69 Å². The molecule has 86 valence electrons. The highest BCUT2D eigenvalue weighted by atomic mass is 16.5. The van der Waals surface area contributed by atoms with E-state index in [0.717, 1.165) is 30.1 Å². The van der Waals surface area contributed by atoms with Gasteiger partial charge in [-0.15, -0.1) is 0 Å². The van der Waals surface area contributed by atoms with Gasteiger partial charge in [-0.2, -0.15) is 0 Å². The maximum atomic E-state index is 9.09. The molecule has 0 bridgehead atoms. The summed E-state index contributed by atoms with van der Waals surface area (Å²) in [6, 6.07) is 0. The molecule has 1 aromatic rings. The van der Waals surface area contributed by atoms with Crippen molar-refractivity contribution < 1.29 is 9.63 Å². The summed E-state index contributed by atoms with van der Waals surface area (Å²) in [5, 5.41) is 16.3. The molecule has 1 heterocycles. The SMILES string of the molecule is Cc1noc(C)c1CNCC(C)(C)CO. The first-order chi connectivity index (χ1) is 6.96. The first-order valence-electron chi connectivity index (χ1n) is 5.19. The first-order valence-corrected chi connectivity index (χ1v) is 5.19. The normalized spacial score (nSPS) is 12.1. The number of aliphatic hydroxyl groups excluding tert-OH is 1. The Hall–Kier alpha value is -0.870. The molecule has 0 fully saturated rings. The number of nitrogens with zero attached hydrogens (tertiary/aromatic N) is 1. The van der Waals surface area contributed by atoms with Gasteiger partial charge in [-0.3, -0.25) is 0 Å². The van der Waals surface area contributed by atoms with E-state index in [-0.39, 0.29) is 12.0 Å². The van der Waals surface area contributed by atoms with Crippen molar-refractivity contribution in [2.75, 3.05) is 13.2 Å². The Kier molecular flexibility index (Phi) is 3.88. The highest BCUT2D eigenvalue weighted by molar-refractivity contribution is 5.20. The molecule has 0 aliphatic heterocycles. The van der Waals surface area contributed by atoms with Crippen LogP contribution in [0.25, 0.3) is 0 Å². The van der Waals surface area contributed by atoms with Gasteiger partial charge in [0.15, 0.2) is 0 Å². The number of hydrogen-bond acceptors (Lipinski definition) is 4. The number of hydrogen-bond donors (Lipinski definition) is 2. The molecule has 0 aliphatic rings. The van der Waals surface area contributed by atoms with Crippen LogP contribution in [-0.2, 0) is 6.54 Å². The first kappa shape index (κ1) is 12.2. The van der Waals surface area contributed by atoms with Gasteiger partial charge in [-0.25, -0.2) is 0 Å². The third kappa shape index (κ3) is 3.32. The minimum Gasteiger partial charge on any atom is -0.396 e. The summed E-state index contributed by atoms with van der Waals surface area (Å²) in [6.45, 7) is 9.58. The van der Waals surface area contributed by atoms with Crippen molar-refractivity contribution in [3.63, 3.8) is 0 Å². The number of nitrogens with one attached hydrogen (secondary N) is 1. The van der Waals surface area contributed by atoms with Gasteiger partial charge in [-0.05, 0) is 13.8 Å². The average molecular weight is 212 g/mol. The minimum atomic E-state index is -0.0844. The van der Waals surface area contributed by atoms with Gasteiger partial charge in [0.1, 0.15) is 5.76 Å². The maximum Gasteiger partial charge on any atom is 0.138 e. The van der Waals surface area contributed by atoms with E-state index in [0.29, 0.717) is 0 Å². The molecule has 1 rings (SSSR count). The summed E-state index contributed by atoms with van der Waals surface area (Å²) in [6.07, 6.45) is 0. The summed E-state index contributed by atoms with van der Waals surface area (Å²) >= 11 is 0. The predicted molar refractivity (Wildman–Crippen MR) is 58.6 cm³/mol. The third-order valence-electron chi connectivity index (χ3n) is 2.51. The van der Waals surface area contributed by atoms with E-state index < -0.39 is 0 Å². The molecule has 15 heavy (non-hydrogen) atoms. The summed E-state index contributed by atoms with van der Waals surface area (Å²) in [5.74, 6) is 0.863. The van der Waals surface area contributed by atoms with Crippen LogP contribution in [0.2, 0.25) is 0 Å². The number of rotatable bonds is 5. The summed E-state index contributed by atoms with van der Waals surface area (Å²) in [5.41, 5.74) is 1.96. The molecule has 0 saturated carbocycles. The molecule has 0 spiro atoms. The van der Waals surface area contributed by atoms with Gasteiger partial charge in [0, 0.05) is 30.7 Å². The molecule has 4 nitrogen and oxygen atoms in total. The van der Waals surface area contributed by atoms with Crippen LogP contribution in [0.15, 0.2) is 4.52 Å². The van der Waals surface area contributed by atoms with E-state index in [1.54, 1.807) is 0 Å². The minimum absolute atomic E-state index is 0.0844. The quantitative estimate of drug-likeness (QED) is 0.774. The Balaban J connectivity index is 2.45. The van der Waals surface area contributed by atoms with Gasteiger partial charge in [0.2, 0.25) is 0 Å². The number of aliphatic hydroxyl groups is 1. The van der Waals surface area contributed by atoms with E-state index in [4.69, 9.17) is 9.63 Å². The Labute approximate surface area is 90.7 Å². The lowest BCUT2D eigenvalue weighted by molar-refractivity contribution is 0.156. The summed E-state index contributed by atoms with van der Waals surface area (Å²) in [4.78, 5) is 0. The van der Waals surface area contributed by atoms with E-state index in [9.17, 15) is 0 Å². The molecule has 0 atom stereocenters. The van der Waals surface area contributed by atoms with Crippen LogP contribution in [0, 0.1) is 19.3 Å². The molecular weight excluding hydrogens is 192 g/mol. The number of aromatic nitrogens is 1. The van der Waals surface area contributed by atoms with Crippen LogP contribution < -0.4 is 5.32 Å². The highest BCUT2D eigenvalue weighted by Crippen LogP contribution is 2.14. The third-order valence-corrected chi connectivity index (χ3v) is 2.51. The van der Waals surface area contributed by atoms with E-state index in [1.807, 2.05) is 27.7 Å². The topological polar surface area (TPSA) is 58.3 Å². The van der Waals surface area contributed by atoms with Crippen LogP contribution in [0.4, 0.5) is 0 Å². The molecule has 0 saturated heterocycles. The summed E-state index contributed by atoms with van der Waals surface area (Å²) in [7, 11) is 0. The van der Waals surface area contributed by atoms with Crippen LogP contribution in [0.3, 0.4) is 0 Å². The van der Waals surface area contributed by atoms with Crippen molar-refractivity contribution in [3.8, 4) is 0 Å². The van der Waals surface area contributed by atoms with E-state index in [2.05, 4.69) is 10.5 Å². The Morgan fingerprint density at radius 2 is 2.07 bits per heavy atom. The molecule has 2 N–H and O–H groups in total. The van der Waals surface area contributed by atoms with Crippen LogP contribution in [0.5, 0.6) is 0 Å². The Morgan fingerprint density at radius 1 is 1.40 bits per heavy atom. The monoisotopic (exact) mass is 212 g/mol. The van der Waals surface area contributed by atoms with Crippen molar-refractivity contribution in [2.45, 2.75) is 34.2 Å². The standard InChI is InChI=1S/C11H20N2O2/c1-8-10(9(2)15-13-8)5-12-6-11(3,4)7-14/h12,14H,5-7H2,1-4H3. The number of aryl methyl sites for hydroxylation is 2. The molecule has 0 amide bonds. The molecule has 1 aromatic heterocycles. The lowest BCUT2D eigenvalue weighted by Gasteiger charge is -2.21. The van der Waals surface area contributed by atoms with Gasteiger partial charge >= 0.3 is 0 Å². The van der Waals surface area contributed by atoms with E-state index in [1.165, 1.54) is 0 Å². The van der Waals surface area contributed by atoms with Crippen LogP contribution in [-0.4, -0.2) is 23.4 Å². The predicted octanol–water partition coefficient (Wildman–Crippen LogP) is 1.40. The van der Waals surface area contributed by atoms with Crippen LogP contribution in [0.1, 0.15) is 30.9 Å². The molecule has 0 unspecified atom stereocenters. The second-order valence-electron chi connectivity index (χ2n) is 4.73. The largest absolute Gasteiger partial charge is 0.396 e. The zero-order valence-electron chi connectivity index (χ0n) is 9.92. The Morgan fingerprint density at radius 3 is 2.53 bits per heavy atom. The van der Waals surface area contributed by atoms with Crippen molar-refractivity contribution in [1.82, 2.24) is 10.5 Å². The zero-order valence-corrected chi connectivity index (χ0v) is 9.92. The maximum absolute atomic E-state index is 9.09.